The fourth-order valence-corrected chi connectivity index (χ4v) is 2.12. The summed E-state index contributed by atoms with van der Waals surface area (Å²) in [6.45, 7) is 0.0729. The van der Waals surface area contributed by atoms with Gasteiger partial charge in [-0.05, 0) is 17.7 Å². The maximum Gasteiger partial charge on any atom is 0.241 e. The highest BCUT2D eigenvalue weighted by Crippen LogP contribution is 2.09. The minimum atomic E-state index is -3.64. The molecule has 1 rings (SSSR count). The number of benzene rings is 1. The second-order valence-corrected chi connectivity index (χ2v) is 5.11. The molecule has 0 aliphatic rings. The first-order valence-corrected chi connectivity index (χ1v) is 6.47. The lowest BCUT2D eigenvalue weighted by atomic mass is 10.2. The molecule has 0 radical (unpaired) electrons. The zero-order valence-corrected chi connectivity index (χ0v) is 10.3. The van der Waals surface area contributed by atoms with Crippen molar-refractivity contribution in [2.45, 2.75) is 11.4 Å². The highest BCUT2D eigenvalue weighted by atomic mass is 32.2. The van der Waals surface area contributed by atoms with E-state index in [1.807, 2.05) is 0 Å². The average molecular weight is 257 g/mol. The minimum absolute atomic E-state index is 0.110. The molecule has 0 aromatic heterocycles. The van der Waals surface area contributed by atoms with E-state index in [-0.39, 0.29) is 11.4 Å². The Morgan fingerprint density at radius 3 is 2.35 bits per heavy atom. The van der Waals surface area contributed by atoms with Crippen LogP contribution in [0, 0.1) is 0 Å². The van der Waals surface area contributed by atoms with Crippen LogP contribution in [0.4, 0.5) is 0 Å². The fraction of sp³-hybridized carbons (Fsp3) is 0.300. The number of likely N-dealkylation sites (N-methyl/N-ethyl adjacent to an activating group) is 1. The molecule has 0 unspecified atom stereocenters. The molecular weight excluding hydrogens is 242 g/mol. The van der Waals surface area contributed by atoms with Gasteiger partial charge in [-0.15, -0.1) is 0 Å². The third-order valence-corrected chi connectivity index (χ3v) is 3.59. The van der Waals surface area contributed by atoms with Crippen molar-refractivity contribution in [3.05, 3.63) is 29.8 Å². The first-order valence-electron chi connectivity index (χ1n) is 4.99. The molecule has 0 saturated carbocycles. The number of hydrogen-bond acceptors (Lipinski definition) is 4. The predicted molar refractivity (Wildman–Crippen MR) is 63.6 cm³/mol. The van der Waals surface area contributed by atoms with Gasteiger partial charge in [-0.2, -0.15) is 0 Å². The summed E-state index contributed by atoms with van der Waals surface area (Å²) in [5.41, 5.74) is 6.25. The summed E-state index contributed by atoms with van der Waals surface area (Å²) in [4.78, 5) is 11.0. The van der Waals surface area contributed by atoms with Crippen molar-refractivity contribution in [1.82, 2.24) is 10.0 Å². The van der Waals surface area contributed by atoms with Crippen molar-refractivity contribution in [3.8, 4) is 0 Å². The van der Waals surface area contributed by atoms with Crippen molar-refractivity contribution in [2.75, 3.05) is 13.6 Å². The summed E-state index contributed by atoms with van der Waals surface area (Å²) in [6.07, 6.45) is 0. The first kappa shape index (κ1) is 13.6. The molecule has 17 heavy (non-hydrogen) atoms. The summed E-state index contributed by atoms with van der Waals surface area (Å²) in [5.74, 6) is -0.396. The van der Waals surface area contributed by atoms with E-state index >= 15 is 0 Å². The van der Waals surface area contributed by atoms with E-state index in [0.29, 0.717) is 6.54 Å². The van der Waals surface area contributed by atoms with E-state index in [0.717, 1.165) is 5.56 Å². The Balaban J connectivity index is 2.78. The van der Waals surface area contributed by atoms with Crippen molar-refractivity contribution >= 4 is 15.9 Å². The smallest absolute Gasteiger partial charge is 0.241 e. The standard InChI is InChI=1S/C10H15N3O3S/c1-12-10(14)7-13-17(15,16)9-4-2-8(6-11)3-5-9/h2-5,13H,6-7,11H2,1H3,(H,12,14). The largest absolute Gasteiger partial charge is 0.358 e. The molecular formula is C10H15N3O3S. The molecule has 0 heterocycles. The summed E-state index contributed by atoms with van der Waals surface area (Å²) in [6, 6.07) is 6.17. The topological polar surface area (TPSA) is 101 Å². The maximum absolute atomic E-state index is 11.7. The van der Waals surface area contributed by atoms with Crippen LogP contribution in [0.1, 0.15) is 5.56 Å². The molecule has 0 fully saturated rings. The quantitative estimate of drug-likeness (QED) is 0.640. The van der Waals surface area contributed by atoms with E-state index < -0.39 is 15.9 Å². The van der Waals surface area contributed by atoms with E-state index in [1.165, 1.54) is 19.2 Å². The number of hydrogen-bond donors (Lipinski definition) is 3. The van der Waals surface area contributed by atoms with Gasteiger partial charge in [0.1, 0.15) is 0 Å². The predicted octanol–water partition coefficient (Wildman–Crippen LogP) is -0.830. The first-order chi connectivity index (χ1) is 7.99. The zero-order valence-electron chi connectivity index (χ0n) is 9.43. The van der Waals surface area contributed by atoms with Crippen molar-refractivity contribution < 1.29 is 13.2 Å². The zero-order chi connectivity index (χ0) is 12.9. The fourth-order valence-electron chi connectivity index (χ4n) is 1.14. The number of carbonyl (C=O) groups excluding carboxylic acids is 1. The average Bonchev–Trinajstić information content (AvgIpc) is 2.36. The minimum Gasteiger partial charge on any atom is -0.358 e. The van der Waals surface area contributed by atoms with Gasteiger partial charge in [-0.3, -0.25) is 4.79 Å². The molecule has 1 aromatic carbocycles. The van der Waals surface area contributed by atoms with Gasteiger partial charge < -0.3 is 11.1 Å². The van der Waals surface area contributed by atoms with Crippen molar-refractivity contribution in [1.29, 1.82) is 0 Å². The van der Waals surface area contributed by atoms with E-state index in [9.17, 15) is 13.2 Å². The Bertz CT molecular complexity index is 482. The highest BCUT2D eigenvalue weighted by molar-refractivity contribution is 7.89. The molecule has 1 amide bonds. The molecule has 0 aliphatic heterocycles. The molecule has 7 heteroatoms. The van der Waals surface area contributed by atoms with Crippen LogP contribution < -0.4 is 15.8 Å². The van der Waals surface area contributed by atoms with Gasteiger partial charge in [-0.1, -0.05) is 12.1 Å². The molecule has 94 valence electrons. The SMILES string of the molecule is CNC(=O)CNS(=O)(=O)c1ccc(CN)cc1. The third-order valence-electron chi connectivity index (χ3n) is 2.17. The van der Waals surface area contributed by atoms with Crippen molar-refractivity contribution in [3.63, 3.8) is 0 Å². The van der Waals surface area contributed by atoms with E-state index in [2.05, 4.69) is 10.0 Å². The molecule has 0 bridgehead atoms. The number of amides is 1. The molecule has 0 spiro atoms. The van der Waals surface area contributed by atoms with Crippen LogP contribution in [-0.2, 0) is 21.4 Å². The Labute approximate surface area is 100 Å². The molecule has 0 atom stereocenters. The van der Waals surface area contributed by atoms with Gasteiger partial charge in [-0.25, -0.2) is 13.1 Å². The third kappa shape index (κ3) is 3.81. The molecule has 4 N–H and O–H groups in total. The van der Waals surface area contributed by atoms with Crippen LogP contribution in [0.25, 0.3) is 0 Å². The lowest BCUT2D eigenvalue weighted by Gasteiger charge is -2.06. The second-order valence-electron chi connectivity index (χ2n) is 3.35. The molecule has 0 aliphatic carbocycles. The number of carbonyl (C=O) groups is 1. The van der Waals surface area contributed by atoms with E-state index in [1.54, 1.807) is 12.1 Å². The van der Waals surface area contributed by atoms with Crippen LogP contribution in [-0.4, -0.2) is 27.9 Å². The van der Waals surface area contributed by atoms with Crippen LogP contribution in [0.2, 0.25) is 0 Å². The number of rotatable bonds is 5. The lowest BCUT2D eigenvalue weighted by molar-refractivity contribution is -0.119. The van der Waals surface area contributed by atoms with Crippen molar-refractivity contribution in [2.24, 2.45) is 5.73 Å². The number of nitrogens with two attached hydrogens (primary N) is 1. The summed E-state index contributed by atoms with van der Waals surface area (Å²) >= 11 is 0. The molecule has 1 aromatic rings. The van der Waals surface area contributed by atoms with Crippen LogP contribution >= 0.6 is 0 Å². The van der Waals surface area contributed by atoms with Gasteiger partial charge in [0.25, 0.3) is 0 Å². The summed E-state index contributed by atoms with van der Waals surface area (Å²) < 4.78 is 25.7. The van der Waals surface area contributed by atoms with Gasteiger partial charge in [0.2, 0.25) is 15.9 Å². The number of nitrogens with one attached hydrogen (secondary N) is 2. The van der Waals surface area contributed by atoms with Gasteiger partial charge >= 0.3 is 0 Å². The van der Waals surface area contributed by atoms with Crippen LogP contribution in [0.15, 0.2) is 29.2 Å². The Morgan fingerprint density at radius 1 is 1.29 bits per heavy atom. The maximum atomic E-state index is 11.7. The van der Waals surface area contributed by atoms with Crippen LogP contribution in [0.3, 0.4) is 0 Å². The Hall–Kier alpha value is -1.44. The van der Waals surface area contributed by atoms with Crippen LogP contribution in [0.5, 0.6) is 0 Å². The Kier molecular flexibility index (Phi) is 4.62. The van der Waals surface area contributed by atoms with E-state index in [4.69, 9.17) is 5.73 Å². The Morgan fingerprint density at radius 2 is 1.88 bits per heavy atom. The molecule has 0 saturated heterocycles. The lowest BCUT2D eigenvalue weighted by Crippen LogP contribution is -2.35. The molecule has 6 nitrogen and oxygen atoms in total. The van der Waals surface area contributed by atoms with Gasteiger partial charge in [0.05, 0.1) is 11.4 Å². The monoisotopic (exact) mass is 257 g/mol. The highest BCUT2D eigenvalue weighted by Gasteiger charge is 2.14. The summed E-state index contributed by atoms with van der Waals surface area (Å²) in [7, 11) is -2.20. The normalized spacial score (nSPS) is 11.2. The summed E-state index contributed by atoms with van der Waals surface area (Å²) in [5, 5.41) is 2.32. The van der Waals surface area contributed by atoms with Gasteiger partial charge in [0, 0.05) is 13.6 Å². The van der Waals surface area contributed by atoms with Gasteiger partial charge in [0.15, 0.2) is 0 Å². The number of sulfonamides is 1. The second kappa shape index (κ2) is 5.76.